The minimum atomic E-state index is 0.702. The molecule has 0 unspecified atom stereocenters. The maximum atomic E-state index is 5.22. The van der Waals surface area contributed by atoms with Crippen molar-refractivity contribution in [3.63, 3.8) is 0 Å². The lowest BCUT2D eigenvalue weighted by Gasteiger charge is -2.06. The third-order valence-electron chi connectivity index (χ3n) is 2.34. The number of pyridine rings is 1. The summed E-state index contributed by atoms with van der Waals surface area (Å²) in [5, 5.41) is 8.10. The molecular formula is C10H12N4O. The Kier molecular flexibility index (Phi) is 2.37. The number of nitrogens with zero attached hydrogens (tertiary/aromatic N) is 4. The number of aromatic nitrogens is 4. The molecule has 5 nitrogen and oxygen atoms in total. The maximum Gasteiger partial charge on any atom is 0.167 e. The van der Waals surface area contributed by atoms with E-state index in [9.17, 15) is 0 Å². The van der Waals surface area contributed by atoms with Crippen LogP contribution in [0.1, 0.15) is 5.82 Å². The first-order valence-electron chi connectivity index (χ1n) is 4.58. The Labute approximate surface area is 87.7 Å². The van der Waals surface area contributed by atoms with Crippen molar-refractivity contribution in [2.45, 2.75) is 6.92 Å². The molecule has 0 aliphatic carbocycles. The second kappa shape index (κ2) is 3.68. The van der Waals surface area contributed by atoms with Gasteiger partial charge < -0.3 is 9.30 Å². The van der Waals surface area contributed by atoms with Crippen LogP contribution in [0.2, 0.25) is 0 Å². The Morgan fingerprint density at radius 1 is 1.33 bits per heavy atom. The summed E-state index contributed by atoms with van der Waals surface area (Å²) in [5.74, 6) is 2.35. The summed E-state index contributed by atoms with van der Waals surface area (Å²) < 4.78 is 7.13. The van der Waals surface area contributed by atoms with Crippen molar-refractivity contribution in [2.75, 3.05) is 7.11 Å². The van der Waals surface area contributed by atoms with Gasteiger partial charge in [0.15, 0.2) is 5.82 Å². The third-order valence-corrected chi connectivity index (χ3v) is 2.34. The van der Waals surface area contributed by atoms with E-state index in [4.69, 9.17) is 4.74 Å². The molecule has 15 heavy (non-hydrogen) atoms. The molecule has 0 atom stereocenters. The van der Waals surface area contributed by atoms with Gasteiger partial charge in [0.25, 0.3) is 0 Å². The molecule has 2 heterocycles. The van der Waals surface area contributed by atoms with Crippen molar-refractivity contribution in [2.24, 2.45) is 7.05 Å². The highest BCUT2D eigenvalue weighted by Crippen LogP contribution is 2.26. The molecule has 0 amide bonds. The maximum absolute atomic E-state index is 5.22. The van der Waals surface area contributed by atoms with Crippen LogP contribution in [0.25, 0.3) is 11.4 Å². The summed E-state index contributed by atoms with van der Waals surface area (Å²) in [5.41, 5.74) is 0.899. The number of rotatable bonds is 2. The lowest BCUT2D eigenvalue weighted by atomic mass is 10.2. The van der Waals surface area contributed by atoms with Crippen molar-refractivity contribution < 1.29 is 4.74 Å². The monoisotopic (exact) mass is 204 g/mol. The summed E-state index contributed by atoms with van der Waals surface area (Å²) in [6, 6.07) is 1.86. The van der Waals surface area contributed by atoms with Crippen LogP contribution in [-0.4, -0.2) is 26.9 Å². The fourth-order valence-electron chi connectivity index (χ4n) is 1.37. The van der Waals surface area contributed by atoms with Gasteiger partial charge in [-0.15, -0.1) is 10.2 Å². The van der Waals surface area contributed by atoms with Crippen molar-refractivity contribution >= 4 is 0 Å². The quantitative estimate of drug-likeness (QED) is 0.737. The average Bonchev–Trinajstić information content (AvgIpc) is 2.60. The molecule has 0 saturated heterocycles. The van der Waals surface area contributed by atoms with E-state index >= 15 is 0 Å². The van der Waals surface area contributed by atoms with E-state index in [-0.39, 0.29) is 0 Å². The van der Waals surface area contributed by atoms with Crippen molar-refractivity contribution in [3.05, 3.63) is 24.3 Å². The minimum Gasteiger partial charge on any atom is -0.494 e. The molecule has 2 aromatic heterocycles. The highest BCUT2D eigenvalue weighted by molar-refractivity contribution is 5.63. The molecule has 78 valence electrons. The zero-order chi connectivity index (χ0) is 10.8. The molecule has 0 radical (unpaired) electrons. The topological polar surface area (TPSA) is 52.8 Å². The van der Waals surface area contributed by atoms with Crippen molar-refractivity contribution in [1.82, 2.24) is 19.7 Å². The van der Waals surface area contributed by atoms with Crippen LogP contribution < -0.4 is 4.74 Å². The van der Waals surface area contributed by atoms with Gasteiger partial charge in [0.2, 0.25) is 0 Å². The zero-order valence-corrected chi connectivity index (χ0v) is 8.93. The first-order valence-corrected chi connectivity index (χ1v) is 4.58. The predicted octanol–water partition coefficient (Wildman–Crippen LogP) is 1.19. The van der Waals surface area contributed by atoms with E-state index in [0.29, 0.717) is 5.75 Å². The van der Waals surface area contributed by atoms with E-state index in [2.05, 4.69) is 15.2 Å². The fourth-order valence-corrected chi connectivity index (χ4v) is 1.37. The van der Waals surface area contributed by atoms with Gasteiger partial charge in [0.05, 0.1) is 18.9 Å². The predicted molar refractivity (Wildman–Crippen MR) is 55.5 cm³/mol. The normalized spacial score (nSPS) is 10.3. The first-order chi connectivity index (χ1) is 7.24. The van der Waals surface area contributed by atoms with Gasteiger partial charge in [0, 0.05) is 13.2 Å². The highest BCUT2D eigenvalue weighted by atomic mass is 16.5. The van der Waals surface area contributed by atoms with Gasteiger partial charge in [-0.2, -0.15) is 0 Å². The van der Waals surface area contributed by atoms with E-state index in [1.54, 1.807) is 19.5 Å². The molecule has 0 aliphatic heterocycles. The lowest BCUT2D eigenvalue weighted by Crippen LogP contribution is -1.97. The number of aryl methyl sites for hydroxylation is 1. The van der Waals surface area contributed by atoms with Crippen molar-refractivity contribution in [1.29, 1.82) is 0 Å². The molecule has 5 heteroatoms. The molecule has 2 rings (SSSR count). The Hall–Kier alpha value is -1.91. The highest BCUT2D eigenvalue weighted by Gasteiger charge is 2.12. The average molecular weight is 204 g/mol. The zero-order valence-electron chi connectivity index (χ0n) is 8.93. The smallest absolute Gasteiger partial charge is 0.167 e. The molecule has 0 aliphatic rings. The van der Waals surface area contributed by atoms with Gasteiger partial charge in [-0.25, -0.2) is 0 Å². The number of methoxy groups -OCH3 is 1. The summed E-state index contributed by atoms with van der Waals surface area (Å²) >= 11 is 0. The summed E-state index contributed by atoms with van der Waals surface area (Å²) in [6.45, 7) is 1.91. The van der Waals surface area contributed by atoms with Crippen LogP contribution in [0, 0.1) is 6.92 Å². The van der Waals surface area contributed by atoms with E-state index in [1.807, 2.05) is 24.6 Å². The Bertz CT molecular complexity index is 478. The van der Waals surface area contributed by atoms with Gasteiger partial charge in [-0.05, 0) is 13.0 Å². The second-order valence-corrected chi connectivity index (χ2v) is 3.21. The number of hydrogen-bond acceptors (Lipinski definition) is 4. The van der Waals surface area contributed by atoms with Gasteiger partial charge in [0.1, 0.15) is 11.6 Å². The van der Waals surface area contributed by atoms with Gasteiger partial charge in [-0.1, -0.05) is 0 Å². The van der Waals surface area contributed by atoms with E-state index < -0.39 is 0 Å². The fraction of sp³-hybridized carbons (Fsp3) is 0.300. The van der Waals surface area contributed by atoms with Crippen molar-refractivity contribution in [3.8, 4) is 17.1 Å². The standard InChI is InChI=1S/C10H12N4O/c1-7-12-13-10(14(7)2)8-4-5-11-6-9(8)15-3/h4-6H,1-3H3. The van der Waals surface area contributed by atoms with E-state index in [0.717, 1.165) is 17.2 Å². The molecule has 0 saturated carbocycles. The molecule has 0 bridgehead atoms. The third kappa shape index (κ3) is 1.56. The molecular weight excluding hydrogens is 192 g/mol. The second-order valence-electron chi connectivity index (χ2n) is 3.21. The molecule has 2 aromatic rings. The molecule has 0 N–H and O–H groups in total. The van der Waals surface area contributed by atoms with Crippen LogP contribution >= 0.6 is 0 Å². The minimum absolute atomic E-state index is 0.702. The molecule has 0 fully saturated rings. The SMILES string of the molecule is COc1cnccc1-c1nnc(C)n1C. The molecule has 0 aromatic carbocycles. The van der Waals surface area contributed by atoms with Crippen LogP contribution in [0.15, 0.2) is 18.5 Å². The number of hydrogen-bond donors (Lipinski definition) is 0. The van der Waals surface area contributed by atoms with Gasteiger partial charge >= 0.3 is 0 Å². The largest absolute Gasteiger partial charge is 0.494 e. The van der Waals surface area contributed by atoms with E-state index in [1.165, 1.54) is 0 Å². The van der Waals surface area contributed by atoms with Crippen LogP contribution in [-0.2, 0) is 7.05 Å². The summed E-state index contributed by atoms with van der Waals surface area (Å²) in [4.78, 5) is 4.00. The Balaban J connectivity index is 2.58. The Morgan fingerprint density at radius 3 is 2.73 bits per heavy atom. The van der Waals surface area contributed by atoms with Crippen LogP contribution in [0.3, 0.4) is 0 Å². The van der Waals surface area contributed by atoms with Crippen LogP contribution in [0.5, 0.6) is 5.75 Å². The number of ether oxygens (including phenoxy) is 1. The van der Waals surface area contributed by atoms with Gasteiger partial charge in [-0.3, -0.25) is 4.98 Å². The summed E-state index contributed by atoms with van der Waals surface area (Å²) in [6.07, 6.45) is 3.38. The Morgan fingerprint density at radius 2 is 2.13 bits per heavy atom. The summed E-state index contributed by atoms with van der Waals surface area (Å²) in [7, 11) is 3.54. The lowest BCUT2D eigenvalue weighted by molar-refractivity contribution is 0.414. The molecule has 0 spiro atoms. The first kappa shape index (κ1) is 9.64. The van der Waals surface area contributed by atoms with Crippen LogP contribution in [0.4, 0.5) is 0 Å².